The van der Waals surface area contributed by atoms with E-state index in [1.165, 1.54) is 18.4 Å². The van der Waals surface area contributed by atoms with Gasteiger partial charge in [-0.1, -0.05) is 54.1 Å². The Bertz CT molecular complexity index is 812. The van der Waals surface area contributed by atoms with E-state index in [2.05, 4.69) is 21.8 Å². The van der Waals surface area contributed by atoms with E-state index in [1.807, 2.05) is 43.3 Å². The number of nitrogens with zero attached hydrogens (tertiary/aromatic N) is 1. The Morgan fingerprint density at radius 3 is 2.40 bits per heavy atom. The summed E-state index contributed by atoms with van der Waals surface area (Å²) in [5.74, 6) is 0.0160. The van der Waals surface area contributed by atoms with Gasteiger partial charge in [-0.05, 0) is 49.5 Å². The molecule has 0 atom stereocenters. The fraction of sp³-hybridized carbons (Fsp3) is 0.400. The van der Waals surface area contributed by atoms with Gasteiger partial charge in [0.15, 0.2) is 0 Å². The molecule has 134 valence electrons. The highest BCUT2D eigenvalue weighted by Gasteiger charge is 2.13. The van der Waals surface area contributed by atoms with E-state index in [0.29, 0.717) is 6.54 Å². The third-order valence-electron chi connectivity index (χ3n) is 4.53. The zero-order chi connectivity index (χ0) is 17.7. The maximum Gasteiger partial charge on any atom is 0.216 e. The van der Waals surface area contributed by atoms with Crippen molar-refractivity contribution in [1.82, 2.24) is 9.62 Å². The predicted octanol–water partition coefficient (Wildman–Crippen LogP) is 3.21. The molecule has 2 aromatic carbocycles. The molecule has 1 fully saturated rings. The topological polar surface area (TPSA) is 49.4 Å². The molecule has 0 aromatic heterocycles. The standard InChI is InChI=1S/C20H26N2O2S/c1-17-6-4-9-20(12-17)16-25(23,24)21-14-18-7-5-8-19(13-18)15-22-10-2-3-11-22/h4-9,12-13,21H,2-3,10-11,14-16H2,1H3. The molecular weight excluding hydrogens is 332 g/mol. The van der Waals surface area contributed by atoms with Crippen molar-refractivity contribution in [2.24, 2.45) is 0 Å². The van der Waals surface area contributed by atoms with Crippen molar-refractivity contribution in [3.05, 3.63) is 70.8 Å². The van der Waals surface area contributed by atoms with Crippen molar-refractivity contribution in [2.45, 2.75) is 38.6 Å². The first kappa shape index (κ1) is 18.1. The molecule has 1 aliphatic rings. The van der Waals surface area contributed by atoms with Crippen LogP contribution in [0, 0.1) is 6.92 Å². The predicted molar refractivity (Wildman–Crippen MR) is 102 cm³/mol. The van der Waals surface area contributed by atoms with E-state index >= 15 is 0 Å². The summed E-state index contributed by atoms with van der Waals surface area (Å²) in [6.45, 7) is 5.57. The smallest absolute Gasteiger partial charge is 0.216 e. The van der Waals surface area contributed by atoms with Crippen LogP contribution in [0.25, 0.3) is 0 Å². The molecule has 0 aliphatic carbocycles. The Balaban J connectivity index is 1.58. The summed E-state index contributed by atoms with van der Waals surface area (Å²) >= 11 is 0. The third-order valence-corrected chi connectivity index (χ3v) is 5.83. The highest BCUT2D eigenvalue weighted by molar-refractivity contribution is 7.88. The van der Waals surface area contributed by atoms with Crippen molar-refractivity contribution >= 4 is 10.0 Å². The van der Waals surface area contributed by atoms with Crippen molar-refractivity contribution in [3.8, 4) is 0 Å². The first-order valence-electron chi connectivity index (χ1n) is 8.83. The first-order valence-corrected chi connectivity index (χ1v) is 10.5. The van der Waals surface area contributed by atoms with Gasteiger partial charge in [0.25, 0.3) is 0 Å². The number of nitrogens with one attached hydrogen (secondary N) is 1. The molecule has 0 radical (unpaired) electrons. The van der Waals surface area contributed by atoms with E-state index in [-0.39, 0.29) is 5.75 Å². The van der Waals surface area contributed by atoms with Crippen LogP contribution in [0.4, 0.5) is 0 Å². The highest BCUT2D eigenvalue weighted by atomic mass is 32.2. The van der Waals surface area contributed by atoms with Gasteiger partial charge in [-0.25, -0.2) is 13.1 Å². The molecule has 0 unspecified atom stereocenters. The van der Waals surface area contributed by atoms with Crippen LogP contribution in [-0.2, 0) is 28.9 Å². The molecule has 2 aromatic rings. The van der Waals surface area contributed by atoms with E-state index in [0.717, 1.165) is 36.3 Å². The molecule has 1 N–H and O–H groups in total. The number of sulfonamides is 1. The lowest BCUT2D eigenvalue weighted by atomic mass is 10.1. The van der Waals surface area contributed by atoms with Crippen LogP contribution in [0.15, 0.2) is 48.5 Å². The Labute approximate surface area is 150 Å². The quantitative estimate of drug-likeness (QED) is 0.827. The molecule has 0 bridgehead atoms. The summed E-state index contributed by atoms with van der Waals surface area (Å²) in [5.41, 5.74) is 4.14. The van der Waals surface area contributed by atoms with Gasteiger partial charge in [-0.3, -0.25) is 4.90 Å². The largest absolute Gasteiger partial charge is 0.299 e. The second-order valence-electron chi connectivity index (χ2n) is 6.87. The average Bonchev–Trinajstić information content (AvgIpc) is 3.06. The summed E-state index contributed by atoms with van der Waals surface area (Å²) < 4.78 is 27.4. The van der Waals surface area contributed by atoms with Crippen LogP contribution in [0.5, 0.6) is 0 Å². The Hall–Kier alpha value is -1.69. The molecule has 1 saturated heterocycles. The van der Waals surface area contributed by atoms with Crippen molar-refractivity contribution < 1.29 is 8.42 Å². The number of hydrogen-bond donors (Lipinski definition) is 1. The second kappa shape index (κ2) is 8.13. The average molecular weight is 359 g/mol. The molecule has 0 amide bonds. The summed E-state index contributed by atoms with van der Waals surface area (Å²) in [6.07, 6.45) is 2.55. The molecule has 0 saturated carbocycles. The monoisotopic (exact) mass is 358 g/mol. The van der Waals surface area contributed by atoms with Crippen LogP contribution in [0.1, 0.15) is 35.1 Å². The maximum absolute atomic E-state index is 12.3. The van der Waals surface area contributed by atoms with Crippen LogP contribution < -0.4 is 4.72 Å². The SMILES string of the molecule is Cc1cccc(CS(=O)(=O)NCc2cccc(CN3CCCC3)c2)c1. The van der Waals surface area contributed by atoms with Crippen molar-refractivity contribution in [2.75, 3.05) is 13.1 Å². The number of likely N-dealkylation sites (tertiary alicyclic amines) is 1. The van der Waals surface area contributed by atoms with Gasteiger partial charge in [-0.2, -0.15) is 0 Å². The zero-order valence-electron chi connectivity index (χ0n) is 14.7. The molecule has 5 heteroatoms. The number of aryl methyl sites for hydroxylation is 1. The molecule has 1 heterocycles. The van der Waals surface area contributed by atoms with E-state index in [1.54, 1.807) is 0 Å². The highest BCUT2D eigenvalue weighted by Crippen LogP contribution is 2.14. The Morgan fingerprint density at radius 1 is 0.960 bits per heavy atom. The summed E-state index contributed by atoms with van der Waals surface area (Å²) in [6, 6.07) is 15.8. The van der Waals surface area contributed by atoms with Crippen LogP contribution in [0.2, 0.25) is 0 Å². The van der Waals surface area contributed by atoms with Gasteiger partial charge in [-0.15, -0.1) is 0 Å². The van der Waals surface area contributed by atoms with Gasteiger partial charge < -0.3 is 0 Å². The van der Waals surface area contributed by atoms with E-state index in [9.17, 15) is 8.42 Å². The minimum absolute atomic E-state index is 0.0160. The lowest BCUT2D eigenvalue weighted by molar-refractivity contribution is 0.331. The minimum atomic E-state index is -3.35. The van der Waals surface area contributed by atoms with Gasteiger partial charge in [0.05, 0.1) is 5.75 Å². The van der Waals surface area contributed by atoms with Crippen LogP contribution in [0.3, 0.4) is 0 Å². The zero-order valence-corrected chi connectivity index (χ0v) is 15.6. The van der Waals surface area contributed by atoms with Crippen molar-refractivity contribution in [1.29, 1.82) is 0 Å². The van der Waals surface area contributed by atoms with Gasteiger partial charge in [0, 0.05) is 13.1 Å². The number of rotatable bonds is 7. The summed E-state index contributed by atoms with van der Waals surface area (Å²) in [5, 5.41) is 0. The van der Waals surface area contributed by atoms with Crippen molar-refractivity contribution in [3.63, 3.8) is 0 Å². The molecule has 1 aliphatic heterocycles. The lowest BCUT2D eigenvalue weighted by Crippen LogP contribution is -2.25. The molecular formula is C20H26N2O2S. The first-order chi connectivity index (χ1) is 12.0. The fourth-order valence-electron chi connectivity index (χ4n) is 3.30. The van der Waals surface area contributed by atoms with Crippen LogP contribution in [-0.4, -0.2) is 26.4 Å². The third kappa shape index (κ3) is 5.66. The number of benzene rings is 2. The fourth-order valence-corrected chi connectivity index (χ4v) is 4.41. The van der Waals surface area contributed by atoms with Gasteiger partial charge >= 0.3 is 0 Å². The molecule has 0 spiro atoms. The van der Waals surface area contributed by atoms with Gasteiger partial charge in [0.2, 0.25) is 10.0 Å². The van der Waals surface area contributed by atoms with E-state index < -0.39 is 10.0 Å². The Kier molecular flexibility index (Phi) is 5.89. The summed E-state index contributed by atoms with van der Waals surface area (Å²) in [7, 11) is -3.35. The number of hydrogen-bond acceptors (Lipinski definition) is 3. The maximum atomic E-state index is 12.3. The second-order valence-corrected chi connectivity index (χ2v) is 8.68. The molecule has 4 nitrogen and oxygen atoms in total. The normalized spacial score (nSPS) is 15.6. The lowest BCUT2D eigenvalue weighted by Gasteiger charge is -2.15. The molecule has 3 rings (SSSR count). The van der Waals surface area contributed by atoms with E-state index in [4.69, 9.17) is 0 Å². The van der Waals surface area contributed by atoms with Crippen LogP contribution >= 0.6 is 0 Å². The summed E-state index contributed by atoms with van der Waals surface area (Å²) in [4.78, 5) is 2.45. The minimum Gasteiger partial charge on any atom is -0.299 e. The Morgan fingerprint density at radius 2 is 1.64 bits per heavy atom. The van der Waals surface area contributed by atoms with Gasteiger partial charge in [0.1, 0.15) is 0 Å². The molecule has 25 heavy (non-hydrogen) atoms.